The van der Waals surface area contributed by atoms with E-state index in [0.29, 0.717) is 0 Å². The standard InChI is InChI=1S/C6H6.C2H6O4S/c1-2-4-6-5-3-1;1-2-6-7(3,4)5/h1-6H;2H2,1H3,(H,3,4,5). The number of hydrogen-bond acceptors (Lipinski definition) is 3. The molecule has 0 heterocycles. The van der Waals surface area contributed by atoms with Gasteiger partial charge in [-0.1, -0.05) is 36.4 Å². The van der Waals surface area contributed by atoms with E-state index < -0.39 is 10.4 Å². The first-order valence-electron chi connectivity index (χ1n) is 3.68. The quantitative estimate of drug-likeness (QED) is 0.742. The van der Waals surface area contributed by atoms with E-state index in [2.05, 4.69) is 4.18 Å². The summed E-state index contributed by atoms with van der Waals surface area (Å²) in [7, 11) is -4.17. The second-order valence-electron chi connectivity index (χ2n) is 1.99. The molecule has 0 radical (unpaired) electrons. The van der Waals surface area contributed by atoms with Crippen LogP contribution < -0.4 is 0 Å². The Bertz CT molecular complexity index is 266. The fourth-order valence-electron chi connectivity index (χ4n) is 0.534. The minimum Gasteiger partial charge on any atom is -0.264 e. The van der Waals surface area contributed by atoms with Gasteiger partial charge in [-0.2, -0.15) is 8.42 Å². The van der Waals surface area contributed by atoms with Crippen LogP contribution >= 0.6 is 0 Å². The van der Waals surface area contributed by atoms with E-state index in [1.54, 1.807) is 0 Å². The minimum absolute atomic E-state index is 0.0289. The SMILES string of the molecule is CCOS(=O)(=O)O.c1ccccc1. The molecule has 0 aliphatic heterocycles. The molecule has 0 aromatic heterocycles. The van der Waals surface area contributed by atoms with E-state index in [4.69, 9.17) is 4.55 Å². The Labute approximate surface area is 78.1 Å². The third-order valence-electron chi connectivity index (χ3n) is 0.933. The van der Waals surface area contributed by atoms with Crippen molar-refractivity contribution < 1.29 is 17.2 Å². The van der Waals surface area contributed by atoms with Gasteiger partial charge in [0, 0.05) is 0 Å². The maximum Gasteiger partial charge on any atom is 0.397 e. The largest absolute Gasteiger partial charge is 0.397 e. The van der Waals surface area contributed by atoms with E-state index in [-0.39, 0.29) is 6.61 Å². The van der Waals surface area contributed by atoms with Gasteiger partial charge in [0.2, 0.25) is 0 Å². The summed E-state index contributed by atoms with van der Waals surface area (Å²) in [5, 5.41) is 0. The van der Waals surface area contributed by atoms with Crippen molar-refractivity contribution in [3.05, 3.63) is 36.4 Å². The molecule has 0 saturated carbocycles. The molecule has 1 aromatic rings. The molecule has 0 spiro atoms. The zero-order chi connectivity index (χ0) is 10.2. The molecule has 1 N–H and O–H groups in total. The molecule has 0 fully saturated rings. The van der Waals surface area contributed by atoms with Crippen LogP contribution in [0.2, 0.25) is 0 Å². The van der Waals surface area contributed by atoms with Crippen LogP contribution in [0.5, 0.6) is 0 Å². The molecule has 0 saturated heterocycles. The maximum absolute atomic E-state index is 9.56. The third-order valence-corrected chi connectivity index (χ3v) is 1.47. The van der Waals surface area contributed by atoms with Crippen molar-refractivity contribution in [1.29, 1.82) is 0 Å². The van der Waals surface area contributed by atoms with Crippen molar-refractivity contribution in [2.75, 3.05) is 6.61 Å². The molecule has 0 unspecified atom stereocenters. The second kappa shape index (κ2) is 6.59. The highest BCUT2D eigenvalue weighted by atomic mass is 32.3. The molecule has 0 aliphatic rings. The van der Waals surface area contributed by atoms with Gasteiger partial charge in [0.15, 0.2) is 0 Å². The average molecular weight is 204 g/mol. The van der Waals surface area contributed by atoms with Crippen LogP contribution in [-0.2, 0) is 14.6 Å². The number of rotatable bonds is 2. The molecular formula is C8H12O4S. The topological polar surface area (TPSA) is 63.6 Å². The predicted molar refractivity (Wildman–Crippen MR) is 49.6 cm³/mol. The Balaban J connectivity index is 0.000000223. The molecule has 74 valence electrons. The van der Waals surface area contributed by atoms with Crippen molar-refractivity contribution in [3.63, 3.8) is 0 Å². The average Bonchev–Trinajstić information content (AvgIpc) is 2.06. The van der Waals surface area contributed by atoms with E-state index in [1.807, 2.05) is 36.4 Å². The van der Waals surface area contributed by atoms with Gasteiger partial charge in [-0.05, 0) is 6.92 Å². The molecule has 5 heteroatoms. The number of benzene rings is 1. The lowest BCUT2D eigenvalue weighted by molar-refractivity contribution is 0.283. The summed E-state index contributed by atoms with van der Waals surface area (Å²) in [5.41, 5.74) is 0. The second-order valence-corrected chi connectivity index (χ2v) is 3.08. The van der Waals surface area contributed by atoms with E-state index >= 15 is 0 Å². The summed E-state index contributed by atoms with van der Waals surface area (Å²) in [4.78, 5) is 0. The first-order valence-corrected chi connectivity index (χ1v) is 5.04. The highest BCUT2D eigenvalue weighted by molar-refractivity contribution is 7.80. The van der Waals surface area contributed by atoms with Gasteiger partial charge in [0.1, 0.15) is 0 Å². The summed E-state index contributed by atoms with van der Waals surface area (Å²) >= 11 is 0. The Morgan fingerprint density at radius 1 is 1.08 bits per heavy atom. The summed E-state index contributed by atoms with van der Waals surface area (Å²) in [6.07, 6.45) is 0. The Morgan fingerprint density at radius 3 is 1.46 bits per heavy atom. The van der Waals surface area contributed by atoms with Crippen molar-refractivity contribution >= 4 is 10.4 Å². The monoisotopic (exact) mass is 204 g/mol. The minimum atomic E-state index is -4.17. The van der Waals surface area contributed by atoms with Gasteiger partial charge in [0.25, 0.3) is 0 Å². The Morgan fingerprint density at radius 2 is 1.38 bits per heavy atom. The highest BCUT2D eigenvalue weighted by Gasteiger charge is 1.98. The van der Waals surface area contributed by atoms with Crippen molar-refractivity contribution in [2.24, 2.45) is 0 Å². The van der Waals surface area contributed by atoms with Crippen LogP contribution in [0.1, 0.15) is 6.92 Å². The molecule has 1 aromatic carbocycles. The van der Waals surface area contributed by atoms with E-state index in [1.165, 1.54) is 6.92 Å². The van der Waals surface area contributed by atoms with Crippen LogP contribution in [0.4, 0.5) is 0 Å². The van der Waals surface area contributed by atoms with Gasteiger partial charge in [-0.15, -0.1) is 0 Å². The van der Waals surface area contributed by atoms with Crippen LogP contribution in [0.3, 0.4) is 0 Å². The van der Waals surface area contributed by atoms with Crippen molar-refractivity contribution in [2.45, 2.75) is 6.92 Å². The number of hydrogen-bond donors (Lipinski definition) is 1. The fourth-order valence-corrected chi connectivity index (χ4v) is 0.832. The van der Waals surface area contributed by atoms with Crippen LogP contribution in [0.15, 0.2) is 36.4 Å². The van der Waals surface area contributed by atoms with Gasteiger partial charge in [-0.3, -0.25) is 4.55 Å². The molecule has 4 nitrogen and oxygen atoms in total. The summed E-state index contributed by atoms with van der Waals surface area (Å²) in [6, 6.07) is 12.0. The smallest absolute Gasteiger partial charge is 0.264 e. The van der Waals surface area contributed by atoms with Crippen molar-refractivity contribution in [1.82, 2.24) is 0 Å². The fraction of sp³-hybridized carbons (Fsp3) is 0.250. The zero-order valence-electron chi connectivity index (χ0n) is 7.25. The zero-order valence-corrected chi connectivity index (χ0v) is 8.07. The molecule has 0 amide bonds. The van der Waals surface area contributed by atoms with E-state index in [9.17, 15) is 8.42 Å². The summed E-state index contributed by atoms with van der Waals surface area (Å²) in [6.45, 7) is 1.44. The lowest BCUT2D eigenvalue weighted by Gasteiger charge is -1.88. The van der Waals surface area contributed by atoms with Crippen LogP contribution in [-0.4, -0.2) is 19.6 Å². The van der Waals surface area contributed by atoms with Crippen molar-refractivity contribution in [3.8, 4) is 0 Å². The molecule has 1 rings (SSSR count). The molecule has 13 heavy (non-hydrogen) atoms. The van der Waals surface area contributed by atoms with Gasteiger partial charge in [0.05, 0.1) is 6.61 Å². The van der Waals surface area contributed by atoms with Gasteiger partial charge < -0.3 is 0 Å². The van der Waals surface area contributed by atoms with Crippen LogP contribution in [0.25, 0.3) is 0 Å². The first-order chi connectivity index (χ1) is 6.06. The maximum atomic E-state index is 9.56. The lowest BCUT2D eigenvalue weighted by Crippen LogP contribution is -2.01. The van der Waals surface area contributed by atoms with Gasteiger partial charge >= 0.3 is 10.4 Å². The molecule has 0 aliphatic carbocycles. The predicted octanol–water partition coefficient (Wildman–Crippen LogP) is 1.51. The summed E-state index contributed by atoms with van der Waals surface area (Å²) in [5.74, 6) is 0. The normalized spacial score (nSPS) is 10.0. The third kappa shape index (κ3) is 11.1. The highest BCUT2D eigenvalue weighted by Crippen LogP contribution is 1.81. The molecule has 0 atom stereocenters. The Kier molecular flexibility index (Phi) is 6.13. The van der Waals surface area contributed by atoms with Crippen LogP contribution in [0, 0.1) is 0 Å². The first kappa shape index (κ1) is 12.1. The molecular weight excluding hydrogens is 192 g/mol. The van der Waals surface area contributed by atoms with E-state index in [0.717, 1.165) is 0 Å². The summed E-state index contributed by atoms with van der Waals surface area (Å²) < 4.78 is 30.7. The van der Waals surface area contributed by atoms with Gasteiger partial charge in [-0.25, -0.2) is 4.18 Å². The Hall–Kier alpha value is -0.910. The lowest BCUT2D eigenvalue weighted by atomic mass is 10.4. The molecule has 0 bridgehead atoms.